The second-order valence-electron chi connectivity index (χ2n) is 6.14. The number of aromatic nitrogens is 1. The Kier molecular flexibility index (Phi) is 2.66. The van der Waals surface area contributed by atoms with Gasteiger partial charge in [0.05, 0.1) is 10.2 Å². The Hall–Kier alpha value is -1.82. The lowest BCUT2D eigenvalue weighted by atomic mass is 9.86. The average molecular weight is 304 g/mol. The van der Waals surface area contributed by atoms with Crippen LogP contribution in [0.1, 0.15) is 26.7 Å². The molecular weight excluding hydrogens is 288 g/mol. The molecule has 110 valence electrons. The Morgan fingerprint density at radius 3 is 2.76 bits per heavy atom. The second kappa shape index (κ2) is 4.34. The van der Waals surface area contributed by atoms with Crippen LogP contribution in [0.5, 0.6) is 11.5 Å². The molecule has 21 heavy (non-hydrogen) atoms. The first-order valence-corrected chi connectivity index (χ1v) is 7.87. The number of hydrogen-bond donors (Lipinski definition) is 1. The van der Waals surface area contributed by atoms with Gasteiger partial charge in [-0.3, -0.25) is 4.79 Å². The fourth-order valence-corrected chi connectivity index (χ4v) is 3.49. The van der Waals surface area contributed by atoms with Crippen molar-refractivity contribution in [2.24, 2.45) is 11.3 Å². The highest BCUT2D eigenvalue weighted by molar-refractivity contribution is 7.22. The van der Waals surface area contributed by atoms with Gasteiger partial charge in [0.1, 0.15) is 0 Å². The molecule has 1 aliphatic carbocycles. The molecule has 2 aromatic rings. The van der Waals surface area contributed by atoms with E-state index in [9.17, 15) is 4.79 Å². The summed E-state index contributed by atoms with van der Waals surface area (Å²) >= 11 is 1.46. The minimum atomic E-state index is -0.328. The van der Waals surface area contributed by atoms with Gasteiger partial charge in [-0.05, 0) is 18.8 Å². The lowest BCUT2D eigenvalue weighted by Crippen LogP contribution is -2.32. The van der Waals surface area contributed by atoms with Gasteiger partial charge in [-0.1, -0.05) is 25.2 Å². The zero-order valence-electron chi connectivity index (χ0n) is 11.9. The zero-order chi connectivity index (χ0) is 14.6. The van der Waals surface area contributed by atoms with Crippen molar-refractivity contribution in [2.75, 3.05) is 12.1 Å². The Labute approximate surface area is 126 Å². The maximum absolute atomic E-state index is 12.4. The van der Waals surface area contributed by atoms with Crippen LogP contribution in [0.3, 0.4) is 0 Å². The minimum Gasteiger partial charge on any atom is -0.454 e. The summed E-state index contributed by atoms with van der Waals surface area (Å²) in [4.78, 5) is 16.9. The van der Waals surface area contributed by atoms with Gasteiger partial charge in [-0.2, -0.15) is 0 Å². The molecule has 2 aliphatic rings. The summed E-state index contributed by atoms with van der Waals surface area (Å²) in [6, 6.07) is 3.77. The summed E-state index contributed by atoms with van der Waals surface area (Å²) in [6.45, 7) is 4.26. The fraction of sp³-hybridized carbons (Fsp3) is 0.467. The third-order valence-electron chi connectivity index (χ3n) is 4.29. The highest BCUT2D eigenvalue weighted by Crippen LogP contribution is 2.46. The van der Waals surface area contributed by atoms with Crippen LogP contribution in [-0.4, -0.2) is 17.7 Å². The standard InChI is InChI=1S/C15H16N2O3S/c1-15(2,8-3-4-8)13(18)17-14-16-9-5-10-11(20-7-19-10)6-12(9)21-14/h5-6,8H,3-4,7H2,1-2H3,(H,16,17,18). The summed E-state index contributed by atoms with van der Waals surface area (Å²) in [5.41, 5.74) is 0.495. The topological polar surface area (TPSA) is 60.5 Å². The molecule has 0 unspecified atom stereocenters. The number of anilines is 1. The molecular formula is C15H16N2O3S. The van der Waals surface area contributed by atoms with E-state index in [2.05, 4.69) is 10.3 Å². The van der Waals surface area contributed by atoms with Gasteiger partial charge in [0.25, 0.3) is 0 Å². The number of rotatable bonds is 3. The molecule has 2 heterocycles. The molecule has 1 fully saturated rings. The number of carbonyl (C=O) groups excluding carboxylic acids is 1. The van der Waals surface area contributed by atoms with Crippen molar-refractivity contribution < 1.29 is 14.3 Å². The Morgan fingerprint density at radius 2 is 2.05 bits per heavy atom. The molecule has 0 radical (unpaired) electrons. The van der Waals surface area contributed by atoms with Crippen molar-refractivity contribution >= 4 is 32.6 Å². The number of thiazole rings is 1. The quantitative estimate of drug-likeness (QED) is 0.944. The monoisotopic (exact) mass is 304 g/mol. The minimum absolute atomic E-state index is 0.0455. The number of carbonyl (C=O) groups is 1. The maximum Gasteiger partial charge on any atom is 0.232 e. The third kappa shape index (κ3) is 2.14. The number of amides is 1. The average Bonchev–Trinajstić information content (AvgIpc) is 3.10. The van der Waals surface area contributed by atoms with Crippen LogP contribution >= 0.6 is 11.3 Å². The van der Waals surface area contributed by atoms with Crippen LogP contribution in [0.4, 0.5) is 5.13 Å². The van der Waals surface area contributed by atoms with Crippen LogP contribution in [0.15, 0.2) is 12.1 Å². The van der Waals surface area contributed by atoms with E-state index in [0.717, 1.165) is 28.8 Å². The van der Waals surface area contributed by atoms with E-state index in [4.69, 9.17) is 9.47 Å². The highest BCUT2D eigenvalue weighted by atomic mass is 32.1. The second-order valence-corrected chi connectivity index (χ2v) is 7.17. The van der Waals surface area contributed by atoms with Gasteiger partial charge in [-0.25, -0.2) is 4.98 Å². The molecule has 1 saturated carbocycles. The molecule has 0 atom stereocenters. The molecule has 0 bridgehead atoms. The van der Waals surface area contributed by atoms with E-state index in [1.54, 1.807) is 0 Å². The van der Waals surface area contributed by atoms with Crippen molar-refractivity contribution in [3.8, 4) is 11.5 Å². The molecule has 0 saturated heterocycles. The SMILES string of the molecule is CC(C)(C(=O)Nc1nc2cc3c(cc2s1)OCO3)C1CC1. The first kappa shape index (κ1) is 12.9. The van der Waals surface area contributed by atoms with E-state index in [-0.39, 0.29) is 18.1 Å². The third-order valence-corrected chi connectivity index (χ3v) is 5.22. The van der Waals surface area contributed by atoms with Gasteiger partial charge in [-0.15, -0.1) is 0 Å². The first-order chi connectivity index (χ1) is 10.0. The van der Waals surface area contributed by atoms with Crippen molar-refractivity contribution in [3.05, 3.63) is 12.1 Å². The molecule has 0 spiro atoms. The fourth-order valence-electron chi connectivity index (χ4n) is 2.62. The predicted octanol–water partition coefficient (Wildman–Crippen LogP) is 3.40. The lowest BCUT2D eigenvalue weighted by Gasteiger charge is -2.22. The van der Waals surface area contributed by atoms with Gasteiger partial charge < -0.3 is 14.8 Å². The zero-order valence-corrected chi connectivity index (χ0v) is 12.8. The summed E-state index contributed by atoms with van der Waals surface area (Å²) in [6.07, 6.45) is 2.28. The number of fused-ring (bicyclic) bond motifs is 2. The molecule has 1 aromatic carbocycles. The molecule has 4 rings (SSSR count). The summed E-state index contributed by atoms with van der Waals surface area (Å²) in [7, 11) is 0. The molecule has 5 nitrogen and oxygen atoms in total. The van der Waals surface area contributed by atoms with Crippen LogP contribution in [0, 0.1) is 11.3 Å². The van der Waals surface area contributed by atoms with Gasteiger partial charge in [0, 0.05) is 17.5 Å². The van der Waals surface area contributed by atoms with E-state index < -0.39 is 0 Å². The summed E-state index contributed by atoms with van der Waals surface area (Å²) in [5, 5.41) is 3.59. The first-order valence-electron chi connectivity index (χ1n) is 7.06. The van der Waals surface area contributed by atoms with Crippen molar-refractivity contribution in [2.45, 2.75) is 26.7 Å². The summed E-state index contributed by atoms with van der Waals surface area (Å²) in [5.74, 6) is 1.99. The molecule has 1 N–H and O–H groups in total. The maximum atomic E-state index is 12.4. The smallest absolute Gasteiger partial charge is 0.232 e. The van der Waals surface area contributed by atoms with E-state index in [1.807, 2.05) is 26.0 Å². The van der Waals surface area contributed by atoms with Gasteiger partial charge in [0.2, 0.25) is 12.7 Å². The van der Waals surface area contributed by atoms with Crippen molar-refractivity contribution in [1.29, 1.82) is 0 Å². The number of nitrogens with zero attached hydrogens (tertiary/aromatic N) is 1. The molecule has 6 heteroatoms. The normalized spacial score (nSPS) is 17.2. The Balaban J connectivity index is 1.61. The molecule has 1 aromatic heterocycles. The Morgan fingerprint density at radius 1 is 1.33 bits per heavy atom. The van der Waals surface area contributed by atoms with Crippen LogP contribution in [0.2, 0.25) is 0 Å². The van der Waals surface area contributed by atoms with Crippen LogP contribution < -0.4 is 14.8 Å². The van der Waals surface area contributed by atoms with Crippen LogP contribution in [-0.2, 0) is 4.79 Å². The number of benzene rings is 1. The predicted molar refractivity (Wildman–Crippen MR) is 80.9 cm³/mol. The van der Waals surface area contributed by atoms with E-state index >= 15 is 0 Å². The largest absolute Gasteiger partial charge is 0.454 e. The number of nitrogens with one attached hydrogen (secondary N) is 1. The molecule has 1 amide bonds. The van der Waals surface area contributed by atoms with Crippen molar-refractivity contribution in [3.63, 3.8) is 0 Å². The van der Waals surface area contributed by atoms with Crippen molar-refractivity contribution in [1.82, 2.24) is 4.98 Å². The number of hydrogen-bond acceptors (Lipinski definition) is 5. The van der Waals surface area contributed by atoms with Gasteiger partial charge in [0.15, 0.2) is 16.6 Å². The number of ether oxygens (including phenoxy) is 2. The molecule has 1 aliphatic heterocycles. The lowest BCUT2D eigenvalue weighted by molar-refractivity contribution is -0.124. The van der Waals surface area contributed by atoms with E-state index in [0.29, 0.717) is 16.8 Å². The Bertz CT molecular complexity index is 693. The van der Waals surface area contributed by atoms with E-state index in [1.165, 1.54) is 11.3 Å². The van der Waals surface area contributed by atoms with Crippen LogP contribution in [0.25, 0.3) is 10.2 Å². The summed E-state index contributed by atoms with van der Waals surface area (Å²) < 4.78 is 11.7. The highest BCUT2D eigenvalue weighted by Gasteiger charge is 2.43. The van der Waals surface area contributed by atoms with Gasteiger partial charge >= 0.3 is 0 Å².